The van der Waals surface area contributed by atoms with Crippen LogP contribution in [0.2, 0.25) is 0 Å². The first-order valence-corrected chi connectivity index (χ1v) is 9.09. The molecule has 0 saturated carbocycles. The number of anilines is 1. The predicted molar refractivity (Wildman–Crippen MR) is 78.6 cm³/mol. The fraction of sp³-hybridized carbons (Fsp3) is 0.643. The molecule has 110 valence electrons. The number of hydrogen-bond donors (Lipinski definition) is 1. The van der Waals surface area contributed by atoms with Gasteiger partial charge >= 0.3 is 0 Å². The standard InChI is InChI=1S/C14H21N3O2S/c1-20(18,19)13-5-2-7-15-14(13)16-11-6-9-17-8-3-4-12(17)10-11/h2,5,7,11-12H,3-4,6,8-10H2,1H3,(H,15,16). The molecule has 0 amide bonds. The first-order valence-electron chi connectivity index (χ1n) is 7.20. The lowest BCUT2D eigenvalue weighted by Gasteiger charge is -2.35. The molecule has 0 bridgehead atoms. The maximum Gasteiger partial charge on any atom is 0.179 e. The number of nitrogens with zero attached hydrogens (tertiary/aromatic N) is 2. The van der Waals surface area contributed by atoms with Crippen LogP contribution in [0.25, 0.3) is 0 Å². The zero-order valence-corrected chi connectivity index (χ0v) is 12.6. The van der Waals surface area contributed by atoms with Crippen molar-refractivity contribution in [2.24, 2.45) is 0 Å². The van der Waals surface area contributed by atoms with E-state index in [1.165, 1.54) is 25.6 Å². The molecule has 1 aromatic heterocycles. The first-order chi connectivity index (χ1) is 9.54. The Balaban J connectivity index is 1.75. The van der Waals surface area contributed by atoms with E-state index in [4.69, 9.17) is 0 Å². The van der Waals surface area contributed by atoms with Gasteiger partial charge in [-0.2, -0.15) is 0 Å². The van der Waals surface area contributed by atoms with Crippen LogP contribution in [0, 0.1) is 0 Å². The van der Waals surface area contributed by atoms with E-state index >= 15 is 0 Å². The number of aromatic nitrogens is 1. The number of piperidine rings is 1. The van der Waals surface area contributed by atoms with Crippen molar-refractivity contribution in [3.05, 3.63) is 18.3 Å². The molecular formula is C14H21N3O2S. The Hall–Kier alpha value is -1.14. The third-order valence-electron chi connectivity index (χ3n) is 4.33. The first kappa shape index (κ1) is 13.8. The third kappa shape index (κ3) is 2.81. The van der Waals surface area contributed by atoms with Crippen LogP contribution in [0.4, 0.5) is 5.82 Å². The van der Waals surface area contributed by atoms with E-state index in [9.17, 15) is 8.42 Å². The van der Waals surface area contributed by atoms with Gasteiger partial charge in [0.2, 0.25) is 0 Å². The Kier molecular flexibility index (Phi) is 3.69. The maximum atomic E-state index is 11.8. The van der Waals surface area contributed by atoms with Gasteiger partial charge in [0, 0.05) is 31.1 Å². The smallest absolute Gasteiger partial charge is 0.179 e. The van der Waals surface area contributed by atoms with E-state index in [0.717, 1.165) is 19.4 Å². The quantitative estimate of drug-likeness (QED) is 0.916. The lowest BCUT2D eigenvalue weighted by atomic mass is 9.97. The van der Waals surface area contributed by atoms with Crippen LogP contribution < -0.4 is 5.32 Å². The summed E-state index contributed by atoms with van der Waals surface area (Å²) in [5.74, 6) is 0.506. The molecule has 6 heteroatoms. The minimum atomic E-state index is -3.24. The van der Waals surface area contributed by atoms with Crippen molar-refractivity contribution in [1.29, 1.82) is 0 Å². The second kappa shape index (κ2) is 5.33. The molecule has 2 unspecified atom stereocenters. The number of sulfone groups is 1. The van der Waals surface area contributed by atoms with E-state index in [1.807, 2.05) is 0 Å². The Morgan fingerprint density at radius 3 is 3.00 bits per heavy atom. The normalized spacial score (nSPS) is 27.2. The molecule has 0 radical (unpaired) electrons. The summed E-state index contributed by atoms with van der Waals surface area (Å²) < 4.78 is 23.6. The van der Waals surface area contributed by atoms with Gasteiger partial charge in [-0.1, -0.05) is 0 Å². The fourth-order valence-electron chi connectivity index (χ4n) is 3.35. The van der Waals surface area contributed by atoms with Crippen LogP contribution in [0.15, 0.2) is 23.2 Å². The summed E-state index contributed by atoms with van der Waals surface area (Å²) in [4.78, 5) is 7.07. The molecule has 0 aliphatic carbocycles. The Labute approximate surface area is 120 Å². The maximum absolute atomic E-state index is 11.8. The highest BCUT2D eigenvalue weighted by Crippen LogP contribution is 2.29. The topological polar surface area (TPSA) is 62.3 Å². The summed E-state index contributed by atoms with van der Waals surface area (Å²) in [5.41, 5.74) is 0. The Morgan fingerprint density at radius 1 is 1.35 bits per heavy atom. The van der Waals surface area contributed by atoms with Crippen molar-refractivity contribution >= 4 is 15.7 Å². The van der Waals surface area contributed by atoms with E-state index in [0.29, 0.717) is 22.8 Å². The van der Waals surface area contributed by atoms with E-state index in [2.05, 4.69) is 15.2 Å². The van der Waals surface area contributed by atoms with Crippen molar-refractivity contribution < 1.29 is 8.42 Å². The fourth-order valence-corrected chi connectivity index (χ4v) is 4.14. The minimum Gasteiger partial charge on any atom is -0.366 e. The van der Waals surface area contributed by atoms with Gasteiger partial charge in [0.25, 0.3) is 0 Å². The van der Waals surface area contributed by atoms with Crippen LogP contribution in [-0.2, 0) is 9.84 Å². The number of fused-ring (bicyclic) bond motifs is 1. The zero-order valence-electron chi connectivity index (χ0n) is 11.7. The van der Waals surface area contributed by atoms with Crippen molar-refractivity contribution in [2.75, 3.05) is 24.7 Å². The average molecular weight is 295 g/mol. The molecule has 2 aliphatic rings. The van der Waals surface area contributed by atoms with Gasteiger partial charge in [-0.25, -0.2) is 13.4 Å². The lowest BCUT2D eigenvalue weighted by molar-refractivity contribution is 0.188. The highest BCUT2D eigenvalue weighted by Gasteiger charge is 2.32. The second-order valence-electron chi connectivity index (χ2n) is 5.82. The highest BCUT2D eigenvalue weighted by molar-refractivity contribution is 7.90. The molecule has 1 aromatic rings. The number of hydrogen-bond acceptors (Lipinski definition) is 5. The minimum absolute atomic E-state index is 0.300. The number of rotatable bonds is 3. The van der Waals surface area contributed by atoms with Crippen LogP contribution in [-0.4, -0.2) is 49.7 Å². The number of pyridine rings is 1. The lowest BCUT2D eigenvalue weighted by Crippen LogP contribution is -2.43. The molecular weight excluding hydrogens is 274 g/mol. The summed E-state index contributed by atoms with van der Waals surface area (Å²) in [5, 5.41) is 3.35. The van der Waals surface area contributed by atoms with Gasteiger partial charge < -0.3 is 10.2 Å². The molecule has 20 heavy (non-hydrogen) atoms. The van der Waals surface area contributed by atoms with Crippen molar-refractivity contribution in [2.45, 2.75) is 42.7 Å². The van der Waals surface area contributed by atoms with Crippen LogP contribution in [0.5, 0.6) is 0 Å². The van der Waals surface area contributed by atoms with Gasteiger partial charge in [-0.05, 0) is 44.4 Å². The molecule has 3 rings (SSSR count). The molecule has 1 N–H and O–H groups in total. The summed E-state index contributed by atoms with van der Waals surface area (Å²) in [6.07, 6.45) is 7.56. The molecule has 2 saturated heterocycles. The molecule has 0 spiro atoms. The zero-order chi connectivity index (χ0) is 14.2. The molecule has 5 nitrogen and oxygen atoms in total. The summed E-state index contributed by atoms with van der Waals surface area (Å²) in [7, 11) is -3.24. The molecule has 2 atom stereocenters. The van der Waals surface area contributed by atoms with E-state index in [-0.39, 0.29) is 0 Å². The van der Waals surface area contributed by atoms with E-state index < -0.39 is 9.84 Å². The van der Waals surface area contributed by atoms with Gasteiger partial charge in [0.15, 0.2) is 9.84 Å². The van der Waals surface area contributed by atoms with Crippen molar-refractivity contribution in [1.82, 2.24) is 9.88 Å². The second-order valence-corrected chi connectivity index (χ2v) is 7.80. The largest absolute Gasteiger partial charge is 0.366 e. The number of nitrogens with one attached hydrogen (secondary N) is 1. The van der Waals surface area contributed by atoms with E-state index in [1.54, 1.807) is 18.3 Å². The predicted octanol–water partition coefficient (Wildman–Crippen LogP) is 1.52. The Bertz CT molecular complexity index is 588. The van der Waals surface area contributed by atoms with Crippen molar-refractivity contribution in [3.8, 4) is 0 Å². The van der Waals surface area contributed by atoms with Crippen LogP contribution in [0.1, 0.15) is 25.7 Å². The molecule has 3 heterocycles. The highest BCUT2D eigenvalue weighted by atomic mass is 32.2. The Morgan fingerprint density at radius 2 is 2.20 bits per heavy atom. The van der Waals surface area contributed by atoms with Gasteiger partial charge in [-0.3, -0.25) is 0 Å². The SMILES string of the molecule is CS(=O)(=O)c1cccnc1NC1CCN2CCCC2C1. The summed E-state index contributed by atoms with van der Waals surface area (Å²) in [6, 6.07) is 4.27. The monoisotopic (exact) mass is 295 g/mol. The summed E-state index contributed by atoms with van der Waals surface area (Å²) in [6.45, 7) is 2.32. The average Bonchev–Trinajstić information content (AvgIpc) is 2.85. The van der Waals surface area contributed by atoms with Crippen LogP contribution in [0.3, 0.4) is 0 Å². The van der Waals surface area contributed by atoms with Gasteiger partial charge in [-0.15, -0.1) is 0 Å². The van der Waals surface area contributed by atoms with Gasteiger partial charge in [0.05, 0.1) is 0 Å². The molecule has 0 aromatic carbocycles. The summed E-state index contributed by atoms with van der Waals surface area (Å²) >= 11 is 0. The van der Waals surface area contributed by atoms with Crippen molar-refractivity contribution in [3.63, 3.8) is 0 Å². The van der Waals surface area contributed by atoms with Crippen LogP contribution >= 0.6 is 0 Å². The molecule has 2 fully saturated rings. The van der Waals surface area contributed by atoms with Gasteiger partial charge in [0.1, 0.15) is 10.7 Å². The molecule has 2 aliphatic heterocycles. The third-order valence-corrected chi connectivity index (χ3v) is 5.46.